The van der Waals surface area contributed by atoms with Gasteiger partial charge in [0, 0.05) is 12.6 Å². The van der Waals surface area contributed by atoms with E-state index in [4.69, 9.17) is 15.2 Å². The normalized spacial score (nSPS) is 12.5. The van der Waals surface area contributed by atoms with Gasteiger partial charge in [0.05, 0.1) is 7.11 Å². The molecule has 0 saturated heterocycles. The zero-order chi connectivity index (χ0) is 15.0. The molecule has 0 aliphatic heterocycles. The second kappa shape index (κ2) is 8.82. The summed E-state index contributed by atoms with van der Waals surface area (Å²) in [6.07, 6.45) is 0.843. The SMILES string of the molecule is CCN(CC)CCOc1ccc(CC(C)N)cc1OC. The van der Waals surface area contributed by atoms with Crippen molar-refractivity contribution in [2.75, 3.05) is 33.4 Å². The standard InChI is InChI=1S/C16H28N2O2/c1-5-18(6-2)9-10-20-15-8-7-14(11-13(3)17)12-16(15)19-4/h7-8,12-13H,5-6,9-11,17H2,1-4H3. The molecule has 114 valence electrons. The molecule has 4 nitrogen and oxygen atoms in total. The predicted octanol–water partition coefficient (Wildman–Crippen LogP) is 2.31. The molecule has 0 aliphatic carbocycles. The molecular formula is C16H28N2O2. The highest BCUT2D eigenvalue weighted by atomic mass is 16.5. The monoisotopic (exact) mass is 280 g/mol. The molecule has 0 bridgehead atoms. The largest absolute Gasteiger partial charge is 0.493 e. The van der Waals surface area contributed by atoms with Crippen molar-refractivity contribution in [3.63, 3.8) is 0 Å². The molecule has 0 aliphatic rings. The summed E-state index contributed by atoms with van der Waals surface area (Å²) >= 11 is 0. The maximum Gasteiger partial charge on any atom is 0.161 e. The number of likely N-dealkylation sites (N-methyl/N-ethyl adjacent to an activating group) is 1. The van der Waals surface area contributed by atoms with E-state index in [1.807, 2.05) is 19.1 Å². The van der Waals surface area contributed by atoms with E-state index in [0.717, 1.165) is 37.6 Å². The number of hydrogen-bond acceptors (Lipinski definition) is 4. The zero-order valence-corrected chi connectivity index (χ0v) is 13.2. The van der Waals surface area contributed by atoms with Gasteiger partial charge in [0.1, 0.15) is 6.61 Å². The highest BCUT2D eigenvalue weighted by Crippen LogP contribution is 2.28. The van der Waals surface area contributed by atoms with Crippen LogP contribution in [0.5, 0.6) is 11.5 Å². The molecule has 0 heterocycles. The first-order valence-electron chi connectivity index (χ1n) is 7.38. The van der Waals surface area contributed by atoms with Crippen LogP contribution in [0.3, 0.4) is 0 Å². The molecule has 0 amide bonds. The molecule has 1 aromatic rings. The number of nitrogens with zero attached hydrogens (tertiary/aromatic N) is 1. The maximum absolute atomic E-state index is 5.82. The third-order valence-corrected chi connectivity index (χ3v) is 3.35. The topological polar surface area (TPSA) is 47.7 Å². The van der Waals surface area contributed by atoms with Gasteiger partial charge >= 0.3 is 0 Å². The van der Waals surface area contributed by atoms with Crippen LogP contribution in [0.1, 0.15) is 26.3 Å². The molecule has 1 rings (SSSR count). The van der Waals surface area contributed by atoms with Crippen LogP contribution in [0.15, 0.2) is 18.2 Å². The van der Waals surface area contributed by atoms with Gasteiger partial charge in [-0.1, -0.05) is 19.9 Å². The summed E-state index contributed by atoms with van der Waals surface area (Å²) in [5.74, 6) is 1.58. The molecular weight excluding hydrogens is 252 g/mol. The first kappa shape index (κ1) is 16.8. The highest BCUT2D eigenvalue weighted by Gasteiger charge is 2.08. The molecule has 0 fully saturated rings. The first-order valence-corrected chi connectivity index (χ1v) is 7.38. The van der Waals surface area contributed by atoms with Crippen molar-refractivity contribution in [1.29, 1.82) is 0 Å². The van der Waals surface area contributed by atoms with Crippen molar-refractivity contribution in [3.8, 4) is 11.5 Å². The molecule has 0 aromatic heterocycles. The molecule has 20 heavy (non-hydrogen) atoms. The van der Waals surface area contributed by atoms with Crippen LogP contribution in [0.2, 0.25) is 0 Å². The maximum atomic E-state index is 5.82. The number of methoxy groups -OCH3 is 1. The molecule has 0 spiro atoms. The Morgan fingerprint density at radius 3 is 2.45 bits per heavy atom. The van der Waals surface area contributed by atoms with Crippen LogP contribution in [-0.2, 0) is 6.42 Å². The summed E-state index contributed by atoms with van der Waals surface area (Å²) in [5, 5.41) is 0. The van der Waals surface area contributed by atoms with Crippen LogP contribution in [0.25, 0.3) is 0 Å². The predicted molar refractivity (Wildman–Crippen MR) is 83.6 cm³/mol. The van der Waals surface area contributed by atoms with Crippen LogP contribution in [-0.4, -0.2) is 44.3 Å². The average molecular weight is 280 g/mol. The zero-order valence-electron chi connectivity index (χ0n) is 13.2. The minimum Gasteiger partial charge on any atom is -0.493 e. The van der Waals surface area contributed by atoms with E-state index in [-0.39, 0.29) is 6.04 Å². The van der Waals surface area contributed by atoms with Gasteiger partial charge in [-0.25, -0.2) is 0 Å². The molecule has 0 radical (unpaired) electrons. The fourth-order valence-corrected chi connectivity index (χ4v) is 2.15. The summed E-state index contributed by atoms with van der Waals surface area (Å²) in [5.41, 5.74) is 6.99. The third-order valence-electron chi connectivity index (χ3n) is 3.35. The molecule has 0 saturated carbocycles. The van der Waals surface area contributed by atoms with Gasteiger partial charge in [-0.3, -0.25) is 0 Å². The summed E-state index contributed by atoms with van der Waals surface area (Å²) < 4.78 is 11.2. The lowest BCUT2D eigenvalue weighted by molar-refractivity contribution is 0.217. The summed E-state index contributed by atoms with van der Waals surface area (Å²) in [4.78, 5) is 2.33. The molecule has 1 aromatic carbocycles. The van der Waals surface area contributed by atoms with E-state index in [1.165, 1.54) is 5.56 Å². The Morgan fingerprint density at radius 2 is 1.90 bits per heavy atom. The summed E-state index contributed by atoms with van der Waals surface area (Å²) in [7, 11) is 1.67. The van der Waals surface area contributed by atoms with Crippen molar-refractivity contribution < 1.29 is 9.47 Å². The Bertz CT molecular complexity index is 390. The van der Waals surface area contributed by atoms with Crippen molar-refractivity contribution in [2.45, 2.75) is 33.2 Å². The molecule has 2 N–H and O–H groups in total. The number of nitrogens with two attached hydrogens (primary N) is 1. The highest BCUT2D eigenvalue weighted by molar-refractivity contribution is 5.43. The van der Waals surface area contributed by atoms with Crippen molar-refractivity contribution in [1.82, 2.24) is 4.90 Å². The molecule has 1 atom stereocenters. The first-order chi connectivity index (χ1) is 9.60. The average Bonchev–Trinajstić information content (AvgIpc) is 2.44. The number of benzene rings is 1. The lowest BCUT2D eigenvalue weighted by Crippen LogP contribution is -2.27. The van der Waals surface area contributed by atoms with E-state index in [0.29, 0.717) is 6.61 Å². The Balaban J connectivity index is 2.61. The van der Waals surface area contributed by atoms with Gasteiger partial charge in [0.2, 0.25) is 0 Å². The second-order valence-electron chi connectivity index (χ2n) is 5.04. The summed E-state index contributed by atoms with van der Waals surface area (Å²) in [6.45, 7) is 10.0. The molecule has 4 heteroatoms. The lowest BCUT2D eigenvalue weighted by Gasteiger charge is -2.19. The van der Waals surface area contributed by atoms with E-state index < -0.39 is 0 Å². The van der Waals surface area contributed by atoms with Crippen molar-refractivity contribution in [3.05, 3.63) is 23.8 Å². The lowest BCUT2D eigenvalue weighted by atomic mass is 10.1. The van der Waals surface area contributed by atoms with Crippen LogP contribution >= 0.6 is 0 Å². The summed E-state index contributed by atoms with van der Waals surface area (Å²) in [6, 6.07) is 6.18. The Kier molecular flexibility index (Phi) is 7.41. The van der Waals surface area contributed by atoms with E-state index >= 15 is 0 Å². The fourth-order valence-electron chi connectivity index (χ4n) is 2.15. The minimum absolute atomic E-state index is 0.147. The van der Waals surface area contributed by atoms with Crippen molar-refractivity contribution in [2.24, 2.45) is 5.73 Å². The Labute approximate surface area is 122 Å². The fraction of sp³-hybridized carbons (Fsp3) is 0.625. The number of rotatable bonds is 9. The van der Waals surface area contributed by atoms with E-state index in [1.54, 1.807) is 7.11 Å². The van der Waals surface area contributed by atoms with E-state index in [2.05, 4.69) is 24.8 Å². The Morgan fingerprint density at radius 1 is 1.20 bits per heavy atom. The smallest absolute Gasteiger partial charge is 0.161 e. The van der Waals surface area contributed by atoms with Crippen LogP contribution in [0, 0.1) is 0 Å². The third kappa shape index (κ3) is 5.39. The number of ether oxygens (including phenoxy) is 2. The van der Waals surface area contributed by atoms with Crippen LogP contribution in [0.4, 0.5) is 0 Å². The second-order valence-corrected chi connectivity index (χ2v) is 5.04. The van der Waals surface area contributed by atoms with Crippen molar-refractivity contribution >= 4 is 0 Å². The number of hydrogen-bond donors (Lipinski definition) is 1. The van der Waals surface area contributed by atoms with Gasteiger partial charge in [-0.15, -0.1) is 0 Å². The van der Waals surface area contributed by atoms with Gasteiger partial charge in [0.15, 0.2) is 11.5 Å². The van der Waals surface area contributed by atoms with E-state index in [9.17, 15) is 0 Å². The minimum atomic E-state index is 0.147. The molecule has 1 unspecified atom stereocenters. The quantitative estimate of drug-likeness (QED) is 0.754. The van der Waals surface area contributed by atoms with Crippen LogP contribution < -0.4 is 15.2 Å². The van der Waals surface area contributed by atoms with Gasteiger partial charge in [0.25, 0.3) is 0 Å². The van der Waals surface area contributed by atoms with Gasteiger partial charge in [-0.2, -0.15) is 0 Å². The van der Waals surface area contributed by atoms with Gasteiger partial charge < -0.3 is 20.1 Å². The van der Waals surface area contributed by atoms with Gasteiger partial charge in [-0.05, 0) is 44.1 Å². The Hall–Kier alpha value is -1.26.